The molecule has 5 heteroatoms. The van der Waals surface area contributed by atoms with Crippen LogP contribution in [0, 0.1) is 0 Å². The molecule has 21 heavy (non-hydrogen) atoms. The molecule has 0 unspecified atom stereocenters. The number of carbonyl (C=O) groups is 2. The van der Waals surface area contributed by atoms with Crippen molar-refractivity contribution in [2.75, 3.05) is 6.54 Å². The van der Waals surface area contributed by atoms with Crippen molar-refractivity contribution in [3.05, 3.63) is 22.4 Å². The predicted octanol–water partition coefficient (Wildman–Crippen LogP) is 2.80. The zero-order chi connectivity index (χ0) is 14.7. The van der Waals surface area contributed by atoms with Crippen LogP contribution in [-0.4, -0.2) is 35.3 Å². The van der Waals surface area contributed by atoms with Gasteiger partial charge in [0.1, 0.15) is 0 Å². The molecule has 2 heterocycles. The molecule has 0 aromatic carbocycles. The highest BCUT2D eigenvalue weighted by atomic mass is 32.1. The Kier molecular flexibility index (Phi) is 4.58. The average molecular weight is 306 g/mol. The number of thiophene rings is 1. The summed E-state index contributed by atoms with van der Waals surface area (Å²) in [5.41, 5.74) is 0. The maximum Gasteiger partial charge on any atom is 0.261 e. The number of carbonyl (C=O) groups excluding carboxylic acids is 2. The van der Waals surface area contributed by atoms with E-state index in [9.17, 15) is 9.59 Å². The third kappa shape index (κ3) is 3.46. The van der Waals surface area contributed by atoms with Crippen molar-refractivity contribution in [3.63, 3.8) is 0 Å². The van der Waals surface area contributed by atoms with Gasteiger partial charge in [-0.25, -0.2) is 0 Å². The first-order chi connectivity index (χ1) is 10.2. The van der Waals surface area contributed by atoms with Crippen molar-refractivity contribution in [3.8, 4) is 0 Å². The van der Waals surface area contributed by atoms with E-state index in [0.29, 0.717) is 19.0 Å². The number of rotatable bonds is 3. The summed E-state index contributed by atoms with van der Waals surface area (Å²) in [6, 6.07) is 4.05. The molecule has 1 aliphatic carbocycles. The molecule has 1 saturated carbocycles. The van der Waals surface area contributed by atoms with Gasteiger partial charge in [0.25, 0.3) is 5.91 Å². The van der Waals surface area contributed by atoms with Crippen LogP contribution in [0.4, 0.5) is 0 Å². The molecule has 114 valence electrons. The van der Waals surface area contributed by atoms with Crippen LogP contribution in [-0.2, 0) is 4.79 Å². The third-order valence-corrected chi connectivity index (χ3v) is 5.37. The quantitative estimate of drug-likeness (QED) is 0.873. The lowest BCUT2D eigenvalue weighted by Gasteiger charge is -2.27. The molecule has 1 saturated heterocycles. The standard InChI is InChI=1S/C16H22N2O2S/c19-15-10-12(17-16(20)14-8-5-9-21-14)11-18(15)13-6-3-1-2-4-7-13/h5,8-9,12-13H,1-4,6-7,10-11H2,(H,17,20)/t12-/m1/s1. The Hall–Kier alpha value is -1.36. The normalized spacial score (nSPS) is 24.1. The summed E-state index contributed by atoms with van der Waals surface area (Å²) < 4.78 is 0. The Morgan fingerprint density at radius 2 is 2.00 bits per heavy atom. The molecule has 2 fully saturated rings. The van der Waals surface area contributed by atoms with Crippen molar-refractivity contribution in [2.45, 2.75) is 57.0 Å². The van der Waals surface area contributed by atoms with Gasteiger partial charge in [0.15, 0.2) is 0 Å². The Morgan fingerprint density at radius 1 is 1.24 bits per heavy atom. The van der Waals surface area contributed by atoms with Gasteiger partial charge in [0, 0.05) is 19.0 Å². The van der Waals surface area contributed by atoms with Gasteiger partial charge in [-0.1, -0.05) is 31.7 Å². The fraction of sp³-hybridized carbons (Fsp3) is 0.625. The first-order valence-corrected chi connectivity index (χ1v) is 8.76. The van der Waals surface area contributed by atoms with Crippen LogP contribution < -0.4 is 5.32 Å². The summed E-state index contributed by atoms with van der Waals surface area (Å²) in [6.45, 7) is 0.681. The van der Waals surface area contributed by atoms with Crippen molar-refractivity contribution < 1.29 is 9.59 Å². The summed E-state index contributed by atoms with van der Waals surface area (Å²) in [4.78, 5) is 27.1. The molecule has 1 N–H and O–H groups in total. The van der Waals surface area contributed by atoms with Crippen molar-refractivity contribution in [2.24, 2.45) is 0 Å². The second kappa shape index (κ2) is 6.60. The van der Waals surface area contributed by atoms with Crippen LogP contribution in [0.2, 0.25) is 0 Å². The molecule has 0 bridgehead atoms. The summed E-state index contributed by atoms with van der Waals surface area (Å²) in [7, 11) is 0. The van der Waals surface area contributed by atoms with Gasteiger partial charge in [0.2, 0.25) is 5.91 Å². The molecule has 1 aliphatic heterocycles. The molecule has 1 atom stereocenters. The molecule has 1 aromatic heterocycles. The lowest BCUT2D eigenvalue weighted by atomic mass is 10.1. The lowest BCUT2D eigenvalue weighted by Crippen LogP contribution is -2.40. The topological polar surface area (TPSA) is 49.4 Å². The molecular formula is C16H22N2O2S. The summed E-state index contributed by atoms with van der Waals surface area (Å²) >= 11 is 1.44. The van der Waals surface area contributed by atoms with Crippen molar-refractivity contribution in [1.29, 1.82) is 0 Å². The molecule has 2 amide bonds. The van der Waals surface area contributed by atoms with E-state index in [1.54, 1.807) is 0 Å². The first kappa shape index (κ1) is 14.6. The molecule has 4 nitrogen and oxygen atoms in total. The fourth-order valence-electron chi connectivity index (χ4n) is 3.41. The molecule has 3 rings (SSSR count). The van der Waals surface area contributed by atoms with Gasteiger partial charge < -0.3 is 10.2 Å². The van der Waals surface area contributed by atoms with Gasteiger partial charge in [-0.2, -0.15) is 0 Å². The first-order valence-electron chi connectivity index (χ1n) is 7.88. The molecule has 2 aliphatic rings. The van der Waals surface area contributed by atoms with Crippen LogP contribution >= 0.6 is 11.3 Å². The largest absolute Gasteiger partial charge is 0.346 e. The van der Waals surface area contributed by atoms with Crippen LogP contribution in [0.15, 0.2) is 17.5 Å². The van der Waals surface area contributed by atoms with Gasteiger partial charge in [-0.05, 0) is 24.3 Å². The lowest BCUT2D eigenvalue weighted by molar-refractivity contribution is -0.129. The number of likely N-dealkylation sites (tertiary alicyclic amines) is 1. The van der Waals surface area contributed by atoms with E-state index in [-0.39, 0.29) is 17.9 Å². The molecule has 0 spiro atoms. The molecule has 0 radical (unpaired) electrons. The van der Waals surface area contributed by atoms with Gasteiger partial charge in [-0.3, -0.25) is 9.59 Å². The Labute approximate surface area is 129 Å². The monoisotopic (exact) mass is 306 g/mol. The van der Waals surface area contributed by atoms with Crippen molar-refractivity contribution >= 4 is 23.2 Å². The minimum atomic E-state index is -0.0504. The van der Waals surface area contributed by atoms with E-state index in [1.165, 1.54) is 37.0 Å². The van der Waals surface area contributed by atoms with Crippen LogP contribution in [0.1, 0.15) is 54.6 Å². The van der Waals surface area contributed by atoms with Crippen LogP contribution in [0.3, 0.4) is 0 Å². The third-order valence-electron chi connectivity index (χ3n) is 4.50. The number of nitrogens with zero attached hydrogens (tertiary/aromatic N) is 1. The summed E-state index contributed by atoms with van der Waals surface area (Å²) in [5, 5.41) is 4.90. The highest BCUT2D eigenvalue weighted by Gasteiger charge is 2.35. The second-order valence-corrected chi connectivity index (χ2v) is 6.99. The summed E-state index contributed by atoms with van der Waals surface area (Å²) in [5.74, 6) is 0.156. The van der Waals surface area contributed by atoms with E-state index in [0.717, 1.165) is 17.7 Å². The smallest absolute Gasteiger partial charge is 0.261 e. The highest BCUT2D eigenvalue weighted by Crippen LogP contribution is 2.26. The number of nitrogens with one attached hydrogen (secondary N) is 1. The maximum absolute atomic E-state index is 12.2. The predicted molar refractivity (Wildman–Crippen MR) is 83.4 cm³/mol. The second-order valence-electron chi connectivity index (χ2n) is 6.04. The highest BCUT2D eigenvalue weighted by molar-refractivity contribution is 7.12. The van der Waals surface area contributed by atoms with E-state index in [4.69, 9.17) is 0 Å². The minimum absolute atomic E-state index is 0.0321. The van der Waals surface area contributed by atoms with E-state index >= 15 is 0 Å². The van der Waals surface area contributed by atoms with Crippen LogP contribution in [0.5, 0.6) is 0 Å². The molecule has 1 aromatic rings. The number of hydrogen-bond donors (Lipinski definition) is 1. The van der Waals surface area contributed by atoms with E-state index in [2.05, 4.69) is 5.32 Å². The maximum atomic E-state index is 12.2. The zero-order valence-electron chi connectivity index (χ0n) is 12.2. The average Bonchev–Trinajstić information content (AvgIpc) is 3.03. The summed E-state index contributed by atoms with van der Waals surface area (Å²) in [6.07, 6.45) is 7.72. The minimum Gasteiger partial charge on any atom is -0.346 e. The number of hydrogen-bond acceptors (Lipinski definition) is 3. The Morgan fingerprint density at radius 3 is 2.67 bits per heavy atom. The van der Waals surface area contributed by atoms with E-state index in [1.807, 2.05) is 22.4 Å². The number of amides is 2. The van der Waals surface area contributed by atoms with Crippen molar-refractivity contribution in [1.82, 2.24) is 10.2 Å². The fourth-order valence-corrected chi connectivity index (χ4v) is 4.04. The Bertz CT molecular complexity index is 492. The van der Waals surface area contributed by atoms with Gasteiger partial charge in [-0.15, -0.1) is 11.3 Å². The van der Waals surface area contributed by atoms with Gasteiger partial charge >= 0.3 is 0 Å². The van der Waals surface area contributed by atoms with Gasteiger partial charge in [0.05, 0.1) is 10.9 Å². The Balaban J connectivity index is 1.57. The molecular weight excluding hydrogens is 284 g/mol. The SMILES string of the molecule is O=C(N[C@@H]1CC(=O)N(C2CCCCCC2)C1)c1cccs1. The van der Waals surface area contributed by atoms with Crippen LogP contribution in [0.25, 0.3) is 0 Å². The van der Waals surface area contributed by atoms with E-state index < -0.39 is 0 Å². The zero-order valence-corrected chi connectivity index (χ0v) is 13.0.